The second kappa shape index (κ2) is 10.6. The number of rotatable bonds is 8. The molecule has 0 unspecified atom stereocenters. The van der Waals surface area contributed by atoms with E-state index >= 15 is 0 Å². The molecule has 1 heterocycles. The number of ketones is 1. The lowest BCUT2D eigenvalue weighted by Gasteiger charge is -2.09. The number of fused-ring (bicyclic) bond motifs is 1. The molecular formula is C26H22N4O6S. The Balaban J connectivity index is 1.53. The lowest BCUT2D eigenvalue weighted by atomic mass is 10.0. The summed E-state index contributed by atoms with van der Waals surface area (Å²) in [5, 5.41) is 8.89. The highest BCUT2D eigenvalue weighted by molar-refractivity contribution is 7.86. The Hall–Kier alpha value is -4.48. The van der Waals surface area contributed by atoms with E-state index in [2.05, 4.69) is 19.9 Å². The fourth-order valence-corrected chi connectivity index (χ4v) is 4.38. The molecule has 3 N–H and O–H groups in total. The molecule has 37 heavy (non-hydrogen) atoms. The summed E-state index contributed by atoms with van der Waals surface area (Å²) in [7, 11) is -3.24. The number of pyridine rings is 1. The lowest BCUT2D eigenvalue weighted by molar-refractivity contribution is -0.140. The zero-order valence-electron chi connectivity index (χ0n) is 19.7. The van der Waals surface area contributed by atoms with Crippen LogP contribution in [0, 0.1) is 0 Å². The predicted octanol–water partition coefficient (Wildman–Crippen LogP) is 5.28. The molecule has 0 saturated carbocycles. The lowest BCUT2D eigenvalue weighted by Crippen LogP contribution is -2.05. The van der Waals surface area contributed by atoms with Crippen LogP contribution < -0.4 is 5.73 Å². The van der Waals surface area contributed by atoms with Crippen molar-refractivity contribution < 1.29 is 27.3 Å². The molecule has 0 amide bonds. The summed E-state index contributed by atoms with van der Waals surface area (Å²) in [6.07, 6.45) is 1.57. The number of methoxy groups -OCH3 is 1. The molecule has 0 aliphatic rings. The van der Waals surface area contributed by atoms with Crippen LogP contribution in [0.3, 0.4) is 0 Å². The molecule has 3 aromatic carbocycles. The van der Waals surface area contributed by atoms with Gasteiger partial charge >= 0.3 is 5.97 Å². The molecule has 0 fully saturated rings. The molecule has 188 valence electrons. The molecule has 0 aliphatic carbocycles. The summed E-state index contributed by atoms with van der Waals surface area (Å²) in [6, 6.07) is 17.9. The van der Waals surface area contributed by atoms with Crippen molar-refractivity contribution >= 4 is 49.7 Å². The van der Waals surface area contributed by atoms with E-state index in [-0.39, 0.29) is 40.3 Å². The van der Waals surface area contributed by atoms with E-state index in [0.29, 0.717) is 22.3 Å². The molecule has 0 atom stereocenters. The molecule has 11 heteroatoms. The molecule has 4 rings (SSSR count). The van der Waals surface area contributed by atoms with Gasteiger partial charge in [0, 0.05) is 28.3 Å². The summed E-state index contributed by atoms with van der Waals surface area (Å²) in [5.41, 5.74) is 8.75. The highest BCUT2D eigenvalue weighted by atomic mass is 32.2. The quantitative estimate of drug-likeness (QED) is 0.105. The summed E-state index contributed by atoms with van der Waals surface area (Å²) in [6.45, 7) is 0. The Bertz CT molecular complexity index is 1620. The van der Waals surface area contributed by atoms with Gasteiger partial charge in [0.2, 0.25) is 0 Å². The molecule has 0 radical (unpaired) electrons. The zero-order valence-corrected chi connectivity index (χ0v) is 20.5. The van der Waals surface area contributed by atoms with Gasteiger partial charge in [-0.15, -0.1) is 10.2 Å². The van der Waals surface area contributed by atoms with Crippen LogP contribution in [-0.2, 0) is 19.6 Å². The number of azo groups is 1. The predicted molar refractivity (Wildman–Crippen MR) is 138 cm³/mol. The minimum atomic E-state index is -4.52. The number of nitrogens with two attached hydrogens (primary N) is 1. The highest BCUT2D eigenvalue weighted by Crippen LogP contribution is 2.36. The van der Waals surface area contributed by atoms with Crippen LogP contribution in [0.25, 0.3) is 22.0 Å². The third-order valence-corrected chi connectivity index (χ3v) is 6.51. The number of hydrogen-bond acceptors (Lipinski definition) is 9. The Labute approximate surface area is 212 Å². The number of nitrogens with zero attached hydrogens (tertiary/aromatic N) is 3. The number of hydrogen-bond donors (Lipinski definition) is 2. The number of esters is 1. The van der Waals surface area contributed by atoms with Crippen molar-refractivity contribution in [1.29, 1.82) is 0 Å². The van der Waals surface area contributed by atoms with Crippen molar-refractivity contribution in [2.24, 2.45) is 10.2 Å². The van der Waals surface area contributed by atoms with Crippen LogP contribution >= 0.6 is 0 Å². The molecule has 4 aromatic rings. The topological polar surface area (TPSA) is 161 Å². The first-order valence-corrected chi connectivity index (χ1v) is 12.5. The van der Waals surface area contributed by atoms with Gasteiger partial charge in [-0.25, -0.2) is 0 Å². The summed E-state index contributed by atoms with van der Waals surface area (Å²) >= 11 is 0. The monoisotopic (exact) mass is 518 g/mol. The SMILES string of the molecule is COC(=O)CCC(=O)c1ccc(-c2ccc(N=Nc3cc(S(=O)(=O)O)c4ccccc4c3N)cn2)cc1. The second-order valence-electron chi connectivity index (χ2n) is 8.01. The Morgan fingerprint density at radius 2 is 1.68 bits per heavy atom. The van der Waals surface area contributed by atoms with Gasteiger partial charge in [0.15, 0.2) is 5.78 Å². The van der Waals surface area contributed by atoms with Gasteiger partial charge in [-0.2, -0.15) is 8.42 Å². The van der Waals surface area contributed by atoms with E-state index in [1.807, 2.05) is 0 Å². The van der Waals surface area contributed by atoms with Crippen LogP contribution in [0.4, 0.5) is 17.1 Å². The number of carbonyl (C=O) groups excluding carboxylic acids is 2. The Morgan fingerprint density at radius 3 is 2.30 bits per heavy atom. The van der Waals surface area contributed by atoms with Crippen LogP contribution in [0.15, 0.2) is 88.1 Å². The first kappa shape index (κ1) is 25.6. The van der Waals surface area contributed by atoms with Gasteiger partial charge in [-0.1, -0.05) is 48.5 Å². The van der Waals surface area contributed by atoms with Gasteiger partial charge in [0.25, 0.3) is 10.1 Å². The van der Waals surface area contributed by atoms with Gasteiger partial charge in [-0.05, 0) is 18.2 Å². The fourth-order valence-electron chi connectivity index (χ4n) is 3.66. The number of benzene rings is 3. The minimum absolute atomic E-state index is 0.0244. The second-order valence-corrected chi connectivity index (χ2v) is 9.40. The van der Waals surface area contributed by atoms with Crippen molar-refractivity contribution in [1.82, 2.24) is 4.98 Å². The van der Waals surface area contributed by atoms with E-state index < -0.39 is 16.1 Å². The highest BCUT2D eigenvalue weighted by Gasteiger charge is 2.18. The van der Waals surface area contributed by atoms with Crippen molar-refractivity contribution in [3.8, 4) is 11.3 Å². The number of anilines is 1. The van der Waals surface area contributed by atoms with Crippen LogP contribution in [0.1, 0.15) is 23.2 Å². The summed E-state index contributed by atoms with van der Waals surface area (Å²) < 4.78 is 38.0. The molecule has 0 bridgehead atoms. The normalized spacial score (nSPS) is 11.6. The maximum absolute atomic E-state index is 12.2. The smallest absolute Gasteiger partial charge is 0.305 e. The van der Waals surface area contributed by atoms with Gasteiger partial charge in [0.05, 0.1) is 31.1 Å². The number of Topliss-reactive ketones (excluding diaryl/α,β-unsaturated/α-hetero) is 1. The Kier molecular flexibility index (Phi) is 7.37. The molecule has 1 aromatic heterocycles. The maximum Gasteiger partial charge on any atom is 0.305 e. The number of aromatic nitrogens is 1. The van der Waals surface area contributed by atoms with E-state index in [9.17, 15) is 22.6 Å². The third kappa shape index (κ3) is 5.85. The van der Waals surface area contributed by atoms with Gasteiger partial charge in [0.1, 0.15) is 16.3 Å². The van der Waals surface area contributed by atoms with Gasteiger partial charge < -0.3 is 10.5 Å². The largest absolute Gasteiger partial charge is 0.469 e. The first-order chi connectivity index (χ1) is 17.7. The molecular weight excluding hydrogens is 496 g/mol. The van der Waals surface area contributed by atoms with Crippen molar-refractivity contribution in [3.63, 3.8) is 0 Å². The van der Waals surface area contributed by atoms with Crippen LogP contribution in [-0.4, -0.2) is 36.8 Å². The number of ether oxygens (including phenoxy) is 1. The van der Waals surface area contributed by atoms with E-state index in [1.54, 1.807) is 60.7 Å². The molecule has 0 spiro atoms. The summed E-state index contributed by atoms with van der Waals surface area (Å²) in [4.78, 5) is 27.5. The molecule has 0 saturated heterocycles. The van der Waals surface area contributed by atoms with E-state index in [1.165, 1.54) is 19.4 Å². The van der Waals surface area contributed by atoms with Crippen LogP contribution in [0.2, 0.25) is 0 Å². The Morgan fingerprint density at radius 1 is 0.973 bits per heavy atom. The van der Waals surface area contributed by atoms with Crippen molar-refractivity contribution in [3.05, 3.63) is 78.5 Å². The van der Waals surface area contributed by atoms with E-state index in [0.717, 1.165) is 5.56 Å². The van der Waals surface area contributed by atoms with E-state index in [4.69, 9.17) is 5.73 Å². The van der Waals surface area contributed by atoms with Gasteiger partial charge in [-0.3, -0.25) is 19.1 Å². The average Bonchev–Trinajstić information content (AvgIpc) is 2.91. The summed E-state index contributed by atoms with van der Waals surface area (Å²) in [5.74, 6) is -0.598. The van der Waals surface area contributed by atoms with Crippen molar-refractivity contribution in [2.75, 3.05) is 12.8 Å². The van der Waals surface area contributed by atoms with Crippen LogP contribution in [0.5, 0.6) is 0 Å². The average molecular weight is 519 g/mol. The molecule has 0 aliphatic heterocycles. The zero-order chi connectivity index (χ0) is 26.6. The molecule has 10 nitrogen and oxygen atoms in total. The minimum Gasteiger partial charge on any atom is -0.469 e. The maximum atomic E-state index is 12.2. The third-order valence-electron chi connectivity index (χ3n) is 5.61. The number of carbonyl (C=O) groups is 2. The first-order valence-electron chi connectivity index (χ1n) is 11.0. The number of nitrogen functional groups attached to an aromatic ring is 1. The van der Waals surface area contributed by atoms with Crippen molar-refractivity contribution in [2.45, 2.75) is 17.7 Å². The fraction of sp³-hybridized carbons (Fsp3) is 0.115. The standard InChI is InChI=1S/C26H22N4O6S/c1-36-25(32)13-12-23(31)17-8-6-16(7-9-17)21-11-10-18(15-28-21)29-30-22-14-24(37(33,34)35)19-4-2-3-5-20(19)26(22)27/h2-11,14-15H,12-13,27H2,1H3,(H,33,34,35).